The topological polar surface area (TPSA) is 110 Å². The molecule has 2 N–H and O–H groups in total. The highest BCUT2D eigenvalue weighted by Gasteiger charge is 2.25. The monoisotopic (exact) mass is 621 g/mol. The Hall–Kier alpha value is -2.13. The maximum absolute atomic E-state index is 12.1. The van der Waals surface area contributed by atoms with Gasteiger partial charge in [-0.25, -0.2) is 0 Å². The molecule has 0 atom stereocenters. The molecular weight excluding hydrogens is 582 g/mol. The molecule has 39 heavy (non-hydrogen) atoms. The van der Waals surface area contributed by atoms with Crippen molar-refractivity contribution in [1.82, 2.24) is 5.32 Å². The third-order valence-electron chi connectivity index (χ3n) is 7.57. The lowest BCUT2D eigenvalue weighted by atomic mass is 9.86. The van der Waals surface area contributed by atoms with E-state index in [1.807, 2.05) is 0 Å². The number of carbonyl (C=O) groups excluding carboxylic acids is 3. The second-order valence-corrected chi connectivity index (χ2v) is 12.6. The van der Waals surface area contributed by atoms with E-state index in [1.165, 1.54) is 64.2 Å². The quantitative estimate of drug-likeness (QED) is 0.154. The van der Waals surface area contributed by atoms with Crippen molar-refractivity contribution in [3.8, 4) is 5.75 Å². The molecule has 1 aliphatic heterocycles. The molecule has 214 valence electrons. The molecule has 2 aliphatic carbocycles. The molecule has 0 unspecified atom stereocenters. The van der Waals surface area contributed by atoms with Crippen LogP contribution in [0.1, 0.15) is 108 Å². The molecule has 7 nitrogen and oxygen atoms in total. The van der Waals surface area contributed by atoms with Gasteiger partial charge in [0.1, 0.15) is 5.75 Å². The lowest BCUT2D eigenvalue weighted by molar-refractivity contribution is -0.137. The lowest BCUT2D eigenvalue weighted by Gasteiger charge is -2.21. The summed E-state index contributed by atoms with van der Waals surface area (Å²) in [6, 6.07) is 5.20. The number of carbonyl (C=O) groups is 4. The first-order chi connectivity index (χ1) is 18.8. The van der Waals surface area contributed by atoms with Crippen LogP contribution in [0.15, 0.2) is 27.6 Å². The second kappa shape index (κ2) is 16.9. The zero-order valence-electron chi connectivity index (χ0n) is 22.6. The third kappa shape index (κ3) is 11.9. The molecule has 2 saturated carbocycles. The van der Waals surface area contributed by atoms with E-state index in [2.05, 4.69) is 21.2 Å². The Morgan fingerprint density at radius 2 is 1.54 bits per heavy atom. The average molecular weight is 623 g/mol. The van der Waals surface area contributed by atoms with Gasteiger partial charge < -0.3 is 9.84 Å². The smallest absolute Gasteiger partial charge is 0.311 e. The first-order valence-corrected chi connectivity index (χ1v) is 15.9. The molecule has 2 amide bonds. The van der Waals surface area contributed by atoms with Crippen LogP contribution >= 0.6 is 27.7 Å². The van der Waals surface area contributed by atoms with Gasteiger partial charge in [-0.2, -0.15) is 0 Å². The van der Waals surface area contributed by atoms with Crippen molar-refractivity contribution in [2.24, 2.45) is 11.8 Å². The van der Waals surface area contributed by atoms with E-state index in [0.717, 1.165) is 54.8 Å². The summed E-state index contributed by atoms with van der Waals surface area (Å²) < 4.78 is 6.08. The van der Waals surface area contributed by atoms with Crippen molar-refractivity contribution in [2.45, 2.75) is 103 Å². The first-order valence-electron chi connectivity index (χ1n) is 14.3. The molecule has 0 radical (unpaired) electrons. The van der Waals surface area contributed by atoms with E-state index in [9.17, 15) is 19.2 Å². The summed E-state index contributed by atoms with van der Waals surface area (Å²) in [5.74, 6) is 0.787. The summed E-state index contributed by atoms with van der Waals surface area (Å²) in [6.07, 6.45) is 19.7. The molecule has 0 bridgehead atoms. The summed E-state index contributed by atoms with van der Waals surface area (Å²) in [5.41, 5.74) is 0.742. The summed E-state index contributed by atoms with van der Waals surface area (Å²) >= 11 is 4.27. The van der Waals surface area contributed by atoms with E-state index >= 15 is 0 Å². The van der Waals surface area contributed by atoms with Crippen molar-refractivity contribution in [3.05, 3.63) is 33.1 Å². The second-order valence-electron chi connectivity index (χ2n) is 10.7. The fourth-order valence-electron chi connectivity index (χ4n) is 5.46. The van der Waals surface area contributed by atoms with Gasteiger partial charge in [0, 0.05) is 12.8 Å². The largest absolute Gasteiger partial charge is 0.481 e. The van der Waals surface area contributed by atoms with Crippen LogP contribution in [0.2, 0.25) is 0 Å². The number of hydrogen-bond acceptors (Lipinski definition) is 6. The van der Waals surface area contributed by atoms with Gasteiger partial charge >= 0.3 is 11.9 Å². The molecule has 0 spiro atoms. The van der Waals surface area contributed by atoms with Crippen LogP contribution in [0.4, 0.5) is 4.79 Å². The summed E-state index contributed by atoms with van der Waals surface area (Å²) in [5, 5.41) is 10.3. The number of aliphatic carboxylic acids is 1. The minimum Gasteiger partial charge on any atom is -0.481 e. The average Bonchev–Trinajstić information content (AvgIpc) is 3.23. The molecule has 1 aromatic carbocycles. The van der Waals surface area contributed by atoms with E-state index in [4.69, 9.17) is 9.84 Å². The van der Waals surface area contributed by atoms with Gasteiger partial charge in [-0.3, -0.25) is 24.5 Å². The summed E-state index contributed by atoms with van der Waals surface area (Å²) in [4.78, 5) is 45.5. The number of hydrogen-bond donors (Lipinski definition) is 2. The number of thioether (sulfide) groups is 1. The minimum atomic E-state index is -0.647. The van der Waals surface area contributed by atoms with Crippen LogP contribution in [-0.2, 0) is 14.4 Å². The number of halogens is 1. The first kappa shape index (κ1) is 31.4. The van der Waals surface area contributed by atoms with Gasteiger partial charge in [-0.15, -0.1) is 0 Å². The SMILES string of the molecule is O=C(CCCC1CCCCC1)Oc1ccc(/C=C2\SC(=O)NC2=O)cc1Br.O=C(O)CCCC1CCCCC1. The Kier molecular flexibility index (Phi) is 13.6. The van der Waals surface area contributed by atoms with E-state index < -0.39 is 11.9 Å². The van der Waals surface area contributed by atoms with Crippen molar-refractivity contribution < 1.29 is 29.0 Å². The highest BCUT2D eigenvalue weighted by Crippen LogP contribution is 2.31. The number of rotatable bonds is 10. The molecule has 1 heterocycles. The van der Waals surface area contributed by atoms with Crippen LogP contribution in [0.5, 0.6) is 5.75 Å². The fourth-order valence-corrected chi connectivity index (χ4v) is 6.62. The maximum Gasteiger partial charge on any atom is 0.311 e. The standard InChI is InChI=1S/C20H22BrNO4S.C10H18O2/c21-15-11-14(12-17-19(24)22-20(25)27-17)9-10-16(15)26-18(23)8-4-7-13-5-2-1-3-6-13;11-10(12)8-4-7-9-5-2-1-3-6-9/h9-13H,1-8H2,(H,22,24,25);9H,1-8H2,(H,11,12)/b17-12-;. The number of esters is 1. The zero-order chi connectivity index (χ0) is 28.0. The molecule has 9 heteroatoms. The van der Waals surface area contributed by atoms with Crippen LogP contribution in [0.3, 0.4) is 0 Å². The van der Waals surface area contributed by atoms with E-state index in [-0.39, 0.29) is 11.2 Å². The van der Waals surface area contributed by atoms with E-state index in [0.29, 0.717) is 28.0 Å². The molecule has 3 aliphatic rings. The third-order valence-corrected chi connectivity index (χ3v) is 9.00. The van der Waals surface area contributed by atoms with Crippen molar-refractivity contribution in [1.29, 1.82) is 0 Å². The fraction of sp³-hybridized carbons (Fsp3) is 0.600. The molecule has 0 aromatic heterocycles. The Morgan fingerprint density at radius 1 is 0.949 bits per heavy atom. The zero-order valence-corrected chi connectivity index (χ0v) is 25.0. The summed E-state index contributed by atoms with van der Waals surface area (Å²) in [7, 11) is 0. The van der Waals surface area contributed by atoms with Gasteiger partial charge in [0.15, 0.2) is 0 Å². The van der Waals surface area contributed by atoms with Crippen LogP contribution in [0, 0.1) is 11.8 Å². The number of amides is 2. The Bertz CT molecular complexity index is 1030. The highest BCUT2D eigenvalue weighted by molar-refractivity contribution is 9.10. The lowest BCUT2D eigenvalue weighted by Crippen LogP contribution is -2.17. The van der Waals surface area contributed by atoms with Gasteiger partial charge in [0.05, 0.1) is 9.38 Å². The predicted molar refractivity (Wildman–Crippen MR) is 157 cm³/mol. The normalized spacial score (nSPS) is 19.4. The van der Waals surface area contributed by atoms with Crippen molar-refractivity contribution >= 4 is 56.9 Å². The number of nitrogens with one attached hydrogen (secondary N) is 1. The molecular formula is C30H40BrNO6S. The number of benzene rings is 1. The Morgan fingerprint density at radius 3 is 2.05 bits per heavy atom. The molecule has 1 aromatic rings. The van der Waals surface area contributed by atoms with Crippen LogP contribution in [-0.4, -0.2) is 28.2 Å². The summed E-state index contributed by atoms with van der Waals surface area (Å²) in [6.45, 7) is 0. The minimum absolute atomic E-state index is 0.228. The van der Waals surface area contributed by atoms with E-state index in [1.54, 1.807) is 24.3 Å². The molecule has 4 rings (SSSR count). The van der Waals surface area contributed by atoms with Gasteiger partial charge in [0.25, 0.3) is 11.1 Å². The number of carboxylic acid groups (broad SMARTS) is 1. The van der Waals surface area contributed by atoms with Gasteiger partial charge in [-0.05, 0) is 89.0 Å². The Balaban J connectivity index is 0.000000293. The number of imide groups is 1. The van der Waals surface area contributed by atoms with Crippen molar-refractivity contribution in [3.63, 3.8) is 0 Å². The molecule has 3 fully saturated rings. The van der Waals surface area contributed by atoms with Gasteiger partial charge in [-0.1, -0.05) is 70.3 Å². The number of carboxylic acids is 1. The highest BCUT2D eigenvalue weighted by atomic mass is 79.9. The Labute approximate surface area is 244 Å². The maximum atomic E-state index is 12.1. The molecule has 1 saturated heterocycles. The van der Waals surface area contributed by atoms with Gasteiger partial charge in [0.2, 0.25) is 0 Å². The van der Waals surface area contributed by atoms with Crippen LogP contribution < -0.4 is 10.1 Å². The van der Waals surface area contributed by atoms with Crippen LogP contribution in [0.25, 0.3) is 6.08 Å². The predicted octanol–water partition coefficient (Wildman–Crippen LogP) is 8.25. The van der Waals surface area contributed by atoms with Crippen molar-refractivity contribution in [2.75, 3.05) is 0 Å². The number of ether oxygens (including phenoxy) is 1.